The number of nitrogens with zero attached hydrogens (tertiary/aromatic N) is 1. The average Bonchev–Trinajstić information content (AvgIpc) is 2.97. The second-order valence-corrected chi connectivity index (χ2v) is 5.76. The molecule has 3 rings (SSSR count). The van der Waals surface area contributed by atoms with Crippen LogP contribution >= 0.6 is 0 Å². The van der Waals surface area contributed by atoms with Crippen LogP contribution in [0.4, 0.5) is 0 Å². The molecule has 2 atom stereocenters. The van der Waals surface area contributed by atoms with Crippen LogP contribution in [0.25, 0.3) is 0 Å². The van der Waals surface area contributed by atoms with Crippen LogP contribution in [0.15, 0.2) is 54.6 Å². The number of phenols is 1. The summed E-state index contributed by atoms with van der Waals surface area (Å²) in [5.74, 6) is 0.805. The van der Waals surface area contributed by atoms with Crippen LogP contribution in [0.5, 0.6) is 11.5 Å². The first-order valence-corrected chi connectivity index (χ1v) is 7.63. The normalized spacial score (nSPS) is 20.5. The molecule has 1 saturated heterocycles. The van der Waals surface area contributed by atoms with E-state index in [0.717, 1.165) is 5.56 Å². The zero-order chi connectivity index (χ0) is 16.2. The summed E-state index contributed by atoms with van der Waals surface area (Å²) in [6.07, 6.45) is 0. The number of carbonyl (C=O) groups excluding carboxylic acids is 1. The molecule has 2 aromatic rings. The van der Waals surface area contributed by atoms with E-state index in [4.69, 9.17) is 10.5 Å². The first-order chi connectivity index (χ1) is 11.1. The number of hydrogen-bond acceptors (Lipinski definition) is 4. The standard InChI is InChI=1S/C18H20N2O3/c19-17-11-20(10-16(17)13-4-2-1-3-5-13)18(22)12-23-15-8-6-14(21)7-9-15/h1-9,16-17,21H,10-12,19H2/t16-,17+/m0/s1. The van der Waals surface area contributed by atoms with Gasteiger partial charge in [0.25, 0.3) is 5.91 Å². The molecule has 1 aliphatic heterocycles. The Morgan fingerprint density at radius 1 is 1.13 bits per heavy atom. The van der Waals surface area contributed by atoms with E-state index in [0.29, 0.717) is 18.8 Å². The van der Waals surface area contributed by atoms with Crippen molar-refractivity contribution in [2.45, 2.75) is 12.0 Å². The number of phenolic OH excluding ortho intramolecular Hbond substituents is 1. The van der Waals surface area contributed by atoms with Gasteiger partial charge in [0, 0.05) is 25.0 Å². The molecule has 2 aromatic carbocycles. The van der Waals surface area contributed by atoms with Crippen molar-refractivity contribution >= 4 is 5.91 Å². The minimum Gasteiger partial charge on any atom is -0.508 e. The van der Waals surface area contributed by atoms with Gasteiger partial charge in [-0.05, 0) is 29.8 Å². The molecule has 0 spiro atoms. The summed E-state index contributed by atoms with van der Waals surface area (Å²) in [5.41, 5.74) is 7.36. The summed E-state index contributed by atoms with van der Waals surface area (Å²) in [4.78, 5) is 14.1. The van der Waals surface area contributed by atoms with Gasteiger partial charge in [-0.2, -0.15) is 0 Å². The van der Waals surface area contributed by atoms with E-state index >= 15 is 0 Å². The molecule has 0 unspecified atom stereocenters. The zero-order valence-corrected chi connectivity index (χ0v) is 12.8. The quantitative estimate of drug-likeness (QED) is 0.901. The van der Waals surface area contributed by atoms with E-state index in [1.807, 2.05) is 30.3 Å². The van der Waals surface area contributed by atoms with Gasteiger partial charge in [-0.25, -0.2) is 0 Å². The smallest absolute Gasteiger partial charge is 0.260 e. The van der Waals surface area contributed by atoms with Gasteiger partial charge in [-0.3, -0.25) is 4.79 Å². The van der Waals surface area contributed by atoms with E-state index in [1.165, 1.54) is 12.1 Å². The third-order valence-corrected chi connectivity index (χ3v) is 4.14. The highest BCUT2D eigenvalue weighted by molar-refractivity contribution is 5.78. The summed E-state index contributed by atoms with van der Waals surface area (Å²) in [7, 11) is 0. The van der Waals surface area contributed by atoms with Gasteiger partial charge >= 0.3 is 0 Å². The molecule has 0 radical (unpaired) electrons. The van der Waals surface area contributed by atoms with Crippen molar-refractivity contribution in [1.82, 2.24) is 4.90 Å². The second-order valence-electron chi connectivity index (χ2n) is 5.76. The topological polar surface area (TPSA) is 75.8 Å². The van der Waals surface area contributed by atoms with Gasteiger partial charge in [-0.1, -0.05) is 30.3 Å². The summed E-state index contributed by atoms with van der Waals surface area (Å²) in [5, 5.41) is 9.23. The van der Waals surface area contributed by atoms with Crippen molar-refractivity contribution in [2.75, 3.05) is 19.7 Å². The van der Waals surface area contributed by atoms with Crippen LogP contribution in [-0.4, -0.2) is 41.7 Å². The third-order valence-electron chi connectivity index (χ3n) is 4.14. The maximum atomic E-state index is 12.3. The van der Waals surface area contributed by atoms with Crippen molar-refractivity contribution in [3.63, 3.8) is 0 Å². The van der Waals surface area contributed by atoms with Gasteiger partial charge in [0.1, 0.15) is 11.5 Å². The SMILES string of the molecule is N[C@@H]1CN(C(=O)COc2ccc(O)cc2)C[C@H]1c1ccccc1. The summed E-state index contributed by atoms with van der Waals surface area (Å²) < 4.78 is 5.47. The summed E-state index contributed by atoms with van der Waals surface area (Å²) in [6.45, 7) is 1.12. The molecule has 1 amide bonds. The van der Waals surface area contributed by atoms with Gasteiger partial charge in [-0.15, -0.1) is 0 Å². The highest BCUT2D eigenvalue weighted by Gasteiger charge is 2.33. The Labute approximate surface area is 135 Å². The van der Waals surface area contributed by atoms with E-state index in [9.17, 15) is 9.90 Å². The van der Waals surface area contributed by atoms with Crippen molar-refractivity contribution in [2.24, 2.45) is 5.73 Å². The molecule has 0 bridgehead atoms. The number of amides is 1. The van der Waals surface area contributed by atoms with Crippen LogP contribution < -0.4 is 10.5 Å². The molecular formula is C18H20N2O3. The van der Waals surface area contributed by atoms with Crippen molar-refractivity contribution < 1.29 is 14.6 Å². The molecule has 3 N–H and O–H groups in total. The zero-order valence-electron chi connectivity index (χ0n) is 12.8. The molecule has 23 heavy (non-hydrogen) atoms. The Morgan fingerprint density at radius 3 is 2.52 bits per heavy atom. The molecule has 120 valence electrons. The monoisotopic (exact) mass is 312 g/mol. The van der Waals surface area contributed by atoms with E-state index in [2.05, 4.69) is 0 Å². The van der Waals surface area contributed by atoms with Crippen LogP contribution in [0.2, 0.25) is 0 Å². The number of benzene rings is 2. The lowest BCUT2D eigenvalue weighted by atomic mass is 9.95. The lowest BCUT2D eigenvalue weighted by Gasteiger charge is -2.17. The van der Waals surface area contributed by atoms with Gasteiger partial charge in [0.15, 0.2) is 6.61 Å². The molecule has 5 nitrogen and oxygen atoms in total. The highest BCUT2D eigenvalue weighted by atomic mass is 16.5. The fraction of sp³-hybridized carbons (Fsp3) is 0.278. The van der Waals surface area contributed by atoms with Gasteiger partial charge < -0.3 is 20.5 Å². The van der Waals surface area contributed by atoms with Crippen molar-refractivity contribution in [1.29, 1.82) is 0 Å². The third kappa shape index (κ3) is 3.63. The molecule has 5 heteroatoms. The molecule has 1 aliphatic rings. The fourth-order valence-corrected chi connectivity index (χ4v) is 2.86. The highest BCUT2D eigenvalue weighted by Crippen LogP contribution is 2.26. The molecule has 1 fully saturated rings. The Hall–Kier alpha value is -2.53. The van der Waals surface area contributed by atoms with Crippen LogP contribution in [0, 0.1) is 0 Å². The summed E-state index contributed by atoms with van der Waals surface area (Å²) in [6, 6.07) is 16.3. The number of likely N-dealkylation sites (tertiary alicyclic amines) is 1. The Kier molecular flexibility index (Phi) is 4.48. The minimum atomic E-state index is -0.0769. The lowest BCUT2D eigenvalue weighted by molar-refractivity contribution is -0.132. The number of rotatable bonds is 4. The maximum absolute atomic E-state index is 12.3. The Bertz CT molecular complexity index is 658. The first-order valence-electron chi connectivity index (χ1n) is 7.63. The fourth-order valence-electron chi connectivity index (χ4n) is 2.86. The van der Waals surface area contributed by atoms with E-state index in [-0.39, 0.29) is 30.2 Å². The molecule has 0 aromatic heterocycles. The number of nitrogens with two attached hydrogens (primary N) is 1. The number of ether oxygens (including phenoxy) is 1. The summed E-state index contributed by atoms with van der Waals surface area (Å²) >= 11 is 0. The van der Waals surface area contributed by atoms with Crippen LogP contribution in [0.3, 0.4) is 0 Å². The molecule has 1 heterocycles. The van der Waals surface area contributed by atoms with E-state index in [1.54, 1.807) is 17.0 Å². The van der Waals surface area contributed by atoms with Crippen LogP contribution in [-0.2, 0) is 4.79 Å². The number of hydrogen-bond donors (Lipinski definition) is 2. The molecule has 0 aliphatic carbocycles. The second kappa shape index (κ2) is 6.71. The predicted octanol–water partition coefficient (Wildman–Crippen LogP) is 1.72. The van der Waals surface area contributed by atoms with Crippen molar-refractivity contribution in [3.8, 4) is 11.5 Å². The molecular weight excluding hydrogens is 292 g/mol. The first kappa shape index (κ1) is 15.4. The minimum absolute atomic E-state index is 0.0288. The lowest BCUT2D eigenvalue weighted by Crippen LogP contribution is -2.35. The number of aromatic hydroxyl groups is 1. The van der Waals surface area contributed by atoms with Crippen LogP contribution in [0.1, 0.15) is 11.5 Å². The Morgan fingerprint density at radius 2 is 1.83 bits per heavy atom. The van der Waals surface area contributed by atoms with Gasteiger partial charge in [0.2, 0.25) is 0 Å². The molecule has 0 saturated carbocycles. The number of carbonyl (C=O) groups is 1. The largest absolute Gasteiger partial charge is 0.508 e. The van der Waals surface area contributed by atoms with E-state index < -0.39 is 0 Å². The predicted molar refractivity (Wildman–Crippen MR) is 87.3 cm³/mol. The van der Waals surface area contributed by atoms with Crippen molar-refractivity contribution in [3.05, 3.63) is 60.2 Å². The van der Waals surface area contributed by atoms with Gasteiger partial charge in [0.05, 0.1) is 0 Å². The average molecular weight is 312 g/mol. The Balaban J connectivity index is 1.57. The maximum Gasteiger partial charge on any atom is 0.260 e.